The van der Waals surface area contributed by atoms with Crippen LogP contribution in [0.3, 0.4) is 0 Å². The number of nitrogens with zero attached hydrogens (tertiary/aromatic N) is 1. The van der Waals surface area contributed by atoms with Gasteiger partial charge in [-0.3, -0.25) is 4.79 Å². The molecule has 1 heterocycles. The third kappa shape index (κ3) is 2.49. The van der Waals surface area contributed by atoms with Gasteiger partial charge in [0.15, 0.2) is 0 Å². The average molecular weight is 246 g/mol. The fourth-order valence-corrected chi connectivity index (χ4v) is 1.94. The van der Waals surface area contributed by atoms with E-state index in [2.05, 4.69) is 5.32 Å². The van der Waals surface area contributed by atoms with Crippen LogP contribution < -0.4 is 5.32 Å². The molecule has 0 bridgehead atoms. The normalized spacial score (nSPS) is 9.65. The van der Waals surface area contributed by atoms with Crippen LogP contribution in [0, 0.1) is 17.1 Å². The highest BCUT2D eigenvalue weighted by Crippen LogP contribution is 2.17. The summed E-state index contributed by atoms with van der Waals surface area (Å²) in [6.45, 7) is 0. The first kappa shape index (κ1) is 11.3. The lowest BCUT2D eigenvalue weighted by atomic mass is 10.2. The number of anilines is 1. The zero-order chi connectivity index (χ0) is 12.3. The molecule has 1 aromatic carbocycles. The van der Waals surface area contributed by atoms with Gasteiger partial charge in [0.2, 0.25) is 0 Å². The van der Waals surface area contributed by atoms with Gasteiger partial charge in [0, 0.05) is 5.38 Å². The monoisotopic (exact) mass is 246 g/mol. The zero-order valence-corrected chi connectivity index (χ0v) is 9.42. The molecule has 0 atom stereocenters. The Hall–Kier alpha value is -2.19. The number of nitriles is 1. The number of carbonyl (C=O) groups excluding carboxylic acids is 1. The summed E-state index contributed by atoms with van der Waals surface area (Å²) in [7, 11) is 0. The summed E-state index contributed by atoms with van der Waals surface area (Å²) >= 11 is 1.41. The van der Waals surface area contributed by atoms with Crippen molar-refractivity contribution in [2.75, 3.05) is 5.32 Å². The van der Waals surface area contributed by atoms with Crippen molar-refractivity contribution < 1.29 is 9.18 Å². The zero-order valence-electron chi connectivity index (χ0n) is 8.61. The van der Waals surface area contributed by atoms with E-state index in [1.54, 1.807) is 16.8 Å². The van der Waals surface area contributed by atoms with Gasteiger partial charge >= 0.3 is 0 Å². The fourth-order valence-electron chi connectivity index (χ4n) is 1.31. The minimum absolute atomic E-state index is 0.105. The number of thiophene rings is 1. The number of amides is 1. The lowest BCUT2D eigenvalue weighted by Crippen LogP contribution is -2.11. The second-order valence-corrected chi connectivity index (χ2v) is 4.05. The largest absolute Gasteiger partial charge is 0.321 e. The van der Waals surface area contributed by atoms with Gasteiger partial charge in [-0.25, -0.2) is 4.39 Å². The van der Waals surface area contributed by atoms with E-state index in [0.29, 0.717) is 11.3 Å². The van der Waals surface area contributed by atoms with E-state index in [-0.39, 0.29) is 11.5 Å². The molecule has 84 valence electrons. The molecule has 0 unspecified atom stereocenters. The van der Waals surface area contributed by atoms with Crippen molar-refractivity contribution in [3.63, 3.8) is 0 Å². The molecule has 1 aromatic heterocycles. The van der Waals surface area contributed by atoms with Gasteiger partial charge in [0.1, 0.15) is 11.9 Å². The number of benzene rings is 1. The van der Waals surface area contributed by atoms with Gasteiger partial charge in [-0.1, -0.05) is 0 Å². The Bertz CT molecular complexity index is 587. The Labute approximate surface area is 101 Å². The molecular formula is C12H7FN2OS. The van der Waals surface area contributed by atoms with Crippen LogP contribution in [-0.4, -0.2) is 5.91 Å². The Kier molecular flexibility index (Phi) is 3.17. The number of hydrogen-bond acceptors (Lipinski definition) is 3. The minimum Gasteiger partial charge on any atom is -0.321 e. The summed E-state index contributed by atoms with van der Waals surface area (Å²) < 4.78 is 12.9. The van der Waals surface area contributed by atoms with Crippen LogP contribution in [0.4, 0.5) is 10.1 Å². The summed E-state index contributed by atoms with van der Waals surface area (Å²) in [6, 6.07) is 7.17. The topological polar surface area (TPSA) is 52.9 Å². The van der Waals surface area contributed by atoms with Crippen molar-refractivity contribution in [2.45, 2.75) is 0 Å². The first-order chi connectivity index (χ1) is 8.20. The summed E-state index contributed by atoms with van der Waals surface area (Å²) in [5.74, 6) is -0.815. The molecule has 0 aliphatic carbocycles. The Morgan fingerprint density at radius 2 is 2.24 bits per heavy atom. The summed E-state index contributed by atoms with van der Waals surface area (Å²) in [5, 5.41) is 14.9. The molecule has 0 aliphatic heterocycles. The van der Waals surface area contributed by atoms with Crippen LogP contribution in [0.25, 0.3) is 0 Å². The van der Waals surface area contributed by atoms with E-state index in [9.17, 15) is 9.18 Å². The highest BCUT2D eigenvalue weighted by atomic mass is 32.1. The Morgan fingerprint density at radius 3 is 2.88 bits per heavy atom. The van der Waals surface area contributed by atoms with Crippen LogP contribution in [0.5, 0.6) is 0 Å². The highest BCUT2D eigenvalue weighted by Gasteiger charge is 2.09. The lowest BCUT2D eigenvalue weighted by Gasteiger charge is -2.05. The predicted octanol–water partition coefficient (Wildman–Crippen LogP) is 3.01. The maximum absolute atomic E-state index is 12.9. The minimum atomic E-state index is -0.505. The predicted molar refractivity (Wildman–Crippen MR) is 63.4 cm³/mol. The second-order valence-electron chi connectivity index (χ2n) is 3.27. The molecule has 1 N–H and O–H groups in total. The number of carbonyl (C=O) groups is 1. The van der Waals surface area contributed by atoms with E-state index < -0.39 is 5.82 Å². The first-order valence-electron chi connectivity index (χ1n) is 4.74. The standard InChI is InChI=1S/C12H7FN2OS/c13-10-1-2-11(9(5-10)6-14)15-12(16)8-3-4-17-7-8/h1-5,7H,(H,15,16). The van der Waals surface area contributed by atoms with Gasteiger partial charge in [0.05, 0.1) is 16.8 Å². The van der Waals surface area contributed by atoms with E-state index in [0.717, 1.165) is 6.07 Å². The lowest BCUT2D eigenvalue weighted by molar-refractivity contribution is 0.102. The molecule has 17 heavy (non-hydrogen) atoms. The van der Waals surface area contributed by atoms with Gasteiger partial charge in [-0.15, -0.1) is 0 Å². The maximum Gasteiger partial charge on any atom is 0.256 e. The SMILES string of the molecule is N#Cc1cc(F)ccc1NC(=O)c1ccsc1. The summed E-state index contributed by atoms with van der Waals surface area (Å²) in [5.41, 5.74) is 0.932. The van der Waals surface area contributed by atoms with Gasteiger partial charge in [0.25, 0.3) is 5.91 Å². The van der Waals surface area contributed by atoms with Crippen molar-refractivity contribution in [2.24, 2.45) is 0 Å². The van der Waals surface area contributed by atoms with Crippen LogP contribution in [-0.2, 0) is 0 Å². The van der Waals surface area contributed by atoms with E-state index in [1.807, 2.05) is 6.07 Å². The molecule has 0 saturated carbocycles. The van der Waals surface area contributed by atoms with Gasteiger partial charge in [-0.2, -0.15) is 16.6 Å². The van der Waals surface area contributed by atoms with Gasteiger partial charge < -0.3 is 5.32 Å². The molecule has 0 fully saturated rings. The van der Waals surface area contributed by atoms with Gasteiger partial charge in [-0.05, 0) is 29.6 Å². The molecule has 0 aliphatic rings. The molecule has 1 amide bonds. The first-order valence-corrected chi connectivity index (χ1v) is 5.68. The van der Waals surface area contributed by atoms with Crippen molar-refractivity contribution in [3.8, 4) is 6.07 Å². The molecule has 2 rings (SSSR count). The Balaban J connectivity index is 2.25. The van der Waals surface area contributed by atoms with Crippen molar-refractivity contribution in [1.29, 1.82) is 5.26 Å². The molecular weight excluding hydrogens is 239 g/mol. The molecule has 0 saturated heterocycles. The molecule has 0 radical (unpaired) electrons. The van der Waals surface area contributed by atoms with Crippen molar-refractivity contribution in [1.82, 2.24) is 0 Å². The van der Waals surface area contributed by atoms with E-state index >= 15 is 0 Å². The second kappa shape index (κ2) is 4.76. The number of rotatable bonds is 2. The highest BCUT2D eigenvalue weighted by molar-refractivity contribution is 7.08. The average Bonchev–Trinajstić information content (AvgIpc) is 2.85. The maximum atomic E-state index is 12.9. The quantitative estimate of drug-likeness (QED) is 0.885. The van der Waals surface area contributed by atoms with E-state index in [1.165, 1.54) is 23.5 Å². The summed E-state index contributed by atoms with van der Waals surface area (Å²) in [4.78, 5) is 11.7. The smallest absolute Gasteiger partial charge is 0.256 e. The number of halogens is 1. The van der Waals surface area contributed by atoms with Crippen LogP contribution >= 0.6 is 11.3 Å². The van der Waals surface area contributed by atoms with Crippen LogP contribution in [0.15, 0.2) is 35.0 Å². The molecule has 2 aromatic rings. The van der Waals surface area contributed by atoms with Crippen molar-refractivity contribution in [3.05, 3.63) is 52.0 Å². The summed E-state index contributed by atoms with van der Waals surface area (Å²) in [6.07, 6.45) is 0. The third-order valence-electron chi connectivity index (χ3n) is 2.13. The number of nitrogens with one attached hydrogen (secondary N) is 1. The Morgan fingerprint density at radius 1 is 1.41 bits per heavy atom. The number of hydrogen-bond donors (Lipinski definition) is 1. The van der Waals surface area contributed by atoms with Crippen LogP contribution in [0.1, 0.15) is 15.9 Å². The molecule has 3 nitrogen and oxygen atoms in total. The third-order valence-corrected chi connectivity index (χ3v) is 2.82. The molecule has 5 heteroatoms. The van der Waals surface area contributed by atoms with Crippen molar-refractivity contribution >= 4 is 22.9 Å². The van der Waals surface area contributed by atoms with E-state index in [4.69, 9.17) is 5.26 Å². The van der Waals surface area contributed by atoms with Crippen LogP contribution in [0.2, 0.25) is 0 Å². The fraction of sp³-hybridized carbons (Fsp3) is 0. The molecule has 0 spiro atoms.